The molecule has 0 atom stereocenters. The van der Waals surface area contributed by atoms with Gasteiger partial charge in [0.1, 0.15) is 5.69 Å². The van der Waals surface area contributed by atoms with E-state index < -0.39 is 0 Å². The Kier molecular flexibility index (Phi) is 5.47. The smallest absolute Gasteiger partial charge is 0.276 e. The van der Waals surface area contributed by atoms with Gasteiger partial charge in [0.25, 0.3) is 5.91 Å². The normalized spacial score (nSPS) is 14.0. The van der Waals surface area contributed by atoms with Gasteiger partial charge in [0.2, 0.25) is 0 Å². The minimum absolute atomic E-state index is 0.105. The van der Waals surface area contributed by atoms with E-state index in [-0.39, 0.29) is 5.91 Å². The molecule has 0 spiro atoms. The first kappa shape index (κ1) is 19.0. The maximum Gasteiger partial charge on any atom is 0.276 e. The first-order valence-electron chi connectivity index (χ1n) is 9.97. The van der Waals surface area contributed by atoms with Crippen LogP contribution in [0, 0.1) is 6.92 Å². The third-order valence-corrected chi connectivity index (χ3v) is 5.43. The van der Waals surface area contributed by atoms with E-state index in [0.29, 0.717) is 5.69 Å². The second kappa shape index (κ2) is 8.35. The van der Waals surface area contributed by atoms with Gasteiger partial charge in [-0.15, -0.1) is 0 Å². The highest BCUT2D eigenvalue weighted by atomic mass is 16.2. The van der Waals surface area contributed by atoms with Crippen molar-refractivity contribution in [1.82, 2.24) is 4.98 Å². The fraction of sp³-hybridized carbons (Fsp3) is 0.250. The lowest BCUT2D eigenvalue weighted by Gasteiger charge is -2.37. The van der Waals surface area contributed by atoms with Crippen LogP contribution < -0.4 is 14.7 Å². The molecule has 0 N–H and O–H groups in total. The Balaban J connectivity index is 1.39. The van der Waals surface area contributed by atoms with Crippen LogP contribution in [0.4, 0.5) is 17.1 Å². The number of carbonyl (C=O) groups is 1. The lowest BCUT2D eigenvalue weighted by atomic mass is 10.2. The molecular formula is C24H26N4O. The monoisotopic (exact) mass is 386 g/mol. The highest BCUT2D eigenvalue weighted by molar-refractivity contribution is 6.04. The number of para-hydroxylation sites is 1. The summed E-state index contributed by atoms with van der Waals surface area (Å²) in [5, 5.41) is 0. The van der Waals surface area contributed by atoms with Gasteiger partial charge < -0.3 is 14.7 Å². The third-order valence-electron chi connectivity index (χ3n) is 5.43. The van der Waals surface area contributed by atoms with Crippen LogP contribution in [-0.4, -0.2) is 44.1 Å². The molecule has 5 nitrogen and oxygen atoms in total. The van der Waals surface area contributed by atoms with Crippen molar-refractivity contribution in [3.8, 4) is 0 Å². The summed E-state index contributed by atoms with van der Waals surface area (Å²) in [7, 11) is 1.78. The molecule has 4 rings (SSSR count). The molecular weight excluding hydrogens is 360 g/mol. The summed E-state index contributed by atoms with van der Waals surface area (Å²) in [6.45, 7) is 5.95. The molecule has 0 unspecified atom stereocenters. The second-order valence-electron chi connectivity index (χ2n) is 7.41. The highest BCUT2D eigenvalue weighted by Gasteiger charge is 2.19. The van der Waals surface area contributed by atoms with Crippen LogP contribution in [0.1, 0.15) is 16.1 Å². The average Bonchev–Trinajstić information content (AvgIpc) is 2.79. The van der Waals surface area contributed by atoms with E-state index >= 15 is 0 Å². The minimum atomic E-state index is -0.105. The molecule has 0 saturated carbocycles. The number of piperazine rings is 1. The van der Waals surface area contributed by atoms with Crippen LogP contribution >= 0.6 is 0 Å². The largest absolute Gasteiger partial charge is 0.368 e. The van der Waals surface area contributed by atoms with Crippen molar-refractivity contribution in [2.75, 3.05) is 47.9 Å². The van der Waals surface area contributed by atoms with Crippen molar-refractivity contribution in [2.45, 2.75) is 6.92 Å². The van der Waals surface area contributed by atoms with E-state index in [2.05, 4.69) is 46.0 Å². The summed E-state index contributed by atoms with van der Waals surface area (Å²) < 4.78 is 0. The zero-order valence-electron chi connectivity index (χ0n) is 17.0. The molecule has 0 bridgehead atoms. The Morgan fingerprint density at radius 3 is 2.17 bits per heavy atom. The Morgan fingerprint density at radius 2 is 1.55 bits per heavy atom. The lowest BCUT2D eigenvalue weighted by Crippen LogP contribution is -2.46. The van der Waals surface area contributed by atoms with Crippen LogP contribution in [0.3, 0.4) is 0 Å². The van der Waals surface area contributed by atoms with Gasteiger partial charge in [-0.05, 0) is 48.9 Å². The van der Waals surface area contributed by atoms with Crippen LogP contribution in [0.5, 0.6) is 0 Å². The van der Waals surface area contributed by atoms with Crippen LogP contribution in [0.2, 0.25) is 0 Å². The van der Waals surface area contributed by atoms with Gasteiger partial charge in [0, 0.05) is 44.6 Å². The van der Waals surface area contributed by atoms with Crippen molar-refractivity contribution in [3.63, 3.8) is 0 Å². The van der Waals surface area contributed by atoms with E-state index in [4.69, 9.17) is 0 Å². The number of hydrogen-bond donors (Lipinski definition) is 0. The van der Waals surface area contributed by atoms with E-state index in [1.54, 1.807) is 11.9 Å². The molecule has 1 aliphatic rings. The molecule has 2 heterocycles. The Morgan fingerprint density at radius 1 is 0.862 bits per heavy atom. The SMILES string of the molecule is Cc1cccc(N2CCN(c3ccc(C(=O)N(C)c4ccccc4)nc3)CC2)c1. The van der Waals surface area contributed by atoms with E-state index in [1.165, 1.54) is 11.3 Å². The Bertz CT molecular complexity index is 964. The molecule has 29 heavy (non-hydrogen) atoms. The van der Waals surface area contributed by atoms with Gasteiger partial charge in [-0.25, -0.2) is 4.98 Å². The number of amides is 1. The molecule has 1 aromatic heterocycles. The number of nitrogens with zero attached hydrogens (tertiary/aromatic N) is 4. The quantitative estimate of drug-likeness (QED) is 0.680. The topological polar surface area (TPSA) is 39.7 Å². The van der Waals surface area contributed by atoms with E-state index in [0.717, 1.165) is 37.6 Å². The highest BCUT2D eigenvalue weighted by Crippen LogP contribution is 2.22. The molecule has 1 fully saturated rings. The molecule has 1 amide bonds. The number of hydrogen-bond acceptors (Lipinski definition) is 4. The first-order valence-corrected chi connectivity index (χ1v) is 9.97. The number of aromatic nitrogens is 1. The molecule has 1 aliphatic heterocycles. The summed E-state index contributed by atoms with van der Waals surface area (Å²) in [6, 6.07) is 22.1. The second-order valence-corrected chi connectivity index (χ2v) is 7.41. The van der Waals surface area contributed by atoms with Gasteiger partial charge in [0.15, 0.2) is 0 Å². The summed E-state index contributed by atoms with van der Waals surface area (Å²) in [4.78, 5) is 23.5. The maximum atomic E-state index is 12.7. The van der Waals surface area contributed by atoms with Crippen molar-refractivity contribution >= 4 is 23.0 Å². The van der Waals surface area contributed by atoms with Crippen molar-refractivity contribution in [3.05, 3.63) is 84.2 Å². The Hall–Kier alpha value is -3.34. The fourth-order valence-electron chi connectivity index (χ4n) is 3.69. The standard InChI is InChI=1S/C24H26N4O/c1-19-7-6-10-21(17-19)27-13-15-28(16-14-27)22-11-12-23(25-18-22)24(29)26(2)20-8-4-3-5-9-20/h3-12,17-18H,13-16H2,1-2H3. The minimum Gasteiger partial charge on any atom is -0.368 e. The van der Waals surface area contributed by atoms with Gasteiger partial charge >= 0.3 is 0 Å². The van der Waals surface area contributed by atoms with Gasteiger partial charge in [0.05, 0.1) is 11.9 Å². The number of rotatable bonds is 4. The Labute approximate surface area is 172 Å². The van der Waals surface area contributed by atoms with Crippen LogP contribution in [0.25, 0.3) is 0 Å². The molecule has 0 radical (unpaired) electrons. The van der Waals surface area contributed by atoms with Crippen LogP contribution in [0.15, 0.2) is 72.9 Å². The molecule has 2 aromatic carbocycles. The first-order chi connectivity index (χ1) is 14.1. The third kappa shape index (κ3) is 4.24. The predicted molar refractivity (Wildman–Crippen MR) is 119 cm³/mol. The number of carbonyl (C=O) groups excluding carboxylic acids is 1. The number of pyridine rings is 1. The van der Waals surface area contributed by atoms with E-state index in [1.807, 2.05) is 48.7 Å². The summed E-state index contributed by atoms with van der Waals surface area (Å²) in [5.74, 6) is -0.105. The molecule has 3 aromatic rings. The maximum absolute atomic E-state index is 12.7. The summed E-state index contributed by atoms with van der Waals surface area (Å²) in [5.41, 5.74) is 4.95. The van der Waals surface area contributed by atoms with Crippen molar-refractivity contribution < 1.29 is 4.79 Å². The molecule has 148 valence electrons. The fourth-order valence-corrected chi connectivity index (χ4v) is 3.69. The van der Waals surface area contributed by atoms with Gasteiger partial charge in [-0.1, -0.05) is 30.3 Å². The molecule has 5 heteroatoms. The number of anilines is 3. The van der Waals surface area contributed by atoms with E-state index in [9.17, 15) is 4.79 Å². The van der Waals surface area contributed by atoms with Crippen molar-refractivity contribution in [2.24, 2.45) is 0 Å². The van der Waals surface area contributed by atoms with Gasteiger partial charge in [-0.3, -0.25) is 4.79 Å². The zero-order chi connectivity index (χ0) is 20.2. The average molecular weight is 386 g/mol. The zero-order valence-corrected chi connectivity index (χ0v) is 17.0. The molecule has 0 aliphatic carbocycles. The number of aryl methyl sites for hydroxylation is 1. The van der Waals surface area contributed by atoms with Gasteiger partial charge in [-0.2, -0.15) is 0 Å². The molecule has 1 saturated heterocycles. The summed E-state index contributed by atoms with van der Waals surface area (Å²) in [6.07, 6.45) is 1.81. The van der Waals surface area contributed by atoms with Crippen LogP contribution in [-0.2, 0) is 0 Å². The summed E-state index contributed by atoms with van der Waals surface area (Å²) >= 11 is 0. The van der Waals surface area contributed by atoms with Crippen molar-refractivity contribution in [1.29, 1.82) is 0 Å². The number of benzene rings is 2. The lowest BCUT2D eigenvalue weighted by molar-refractivity contribution is 0.0988. The predicted octanol–water partition coefficient (Wildman–Crippen LogP) is 3.99.